The van der Waals surface area contributed by atoms with E-state index in [1.807, 2.05) is 25.5 Å². The molecule has 1 N–H and O–H groups in total. The SMILES string of the molecule is Cc1nn(C(C)C#N)c(C)c1CNC1CC1. The first-order chi connectivity index (χ1) is 7.63. The van der Waals surface area contributed by atoms with Crippen LogP contribution < -0.4 is 5.32 Å². The van der Waals surface area contributed by atoms with Crippen LogP contribution in [0.4, 0.5) is 0 Å². The molecular formula is C12H18N4. The molecular weight excluding hydrogens is 200 g/mol. The largest absolute Gasteiger partial charge is 0.310 e. The van der Waals surface area contributed by atoms with E-state index in [9.17, 15) is 0 Å². The Hall–Kier alpha value is -1.34. The summed E-state index contributed by atoms with van der Waals surface area (Å²) in [7, 11) is 0. The van der Waals surface area contributed by atoms with Gasteiger partial charge in [-0.2, -0.15) is 10.4 Å². The van der Waals surface area contributed by atoms with Gasteiger partial charge in [-0.25, -0.2) is 0 Å². The second-order valence-corrected chi connectivity index (χ2v) is 4.55. The van der Waals surface area contributed by atoms with Gasteiger partial charge >= 0.3 is 0 Å². The Kier molecular flexibility index (Phi) is 2.97. The van der Waals surface area contributed by atoms with Crippen molar-refractivity contribution in [3.8, 4) is 6.07 Å². The number of nitrogens with zero attached hydrogens (tertiary/aromatic N) is 3. The van der Waals surface area contributed by atoms with Gasteiger partial charge < -0.3 is 5.32 Å². The average Bonchev–Trinajstić information content (AvgIpc) is 3.04. The monoisotopic (exact) mass is 218 g/mol. The van der Waals surface area contributed by atoms with E-state index in [0.29, 0.717) is 6.04 Å². The fraction of sp³-hybridized carbons (Fsp3) is 0.667. The maximum absolute atomic E-state index is 8.91. The summed E-state index contributed by atoms with van der Waals surface area (Å²) >= 11 is 0. The maximum atomic E-state index is 8.91. The highest BCUT2D eigenvalue weighted by Gasteiger charge is 2.22. The Labute approximate surface area is 96.3 Å². The summed E-state index contributed by atoms with van der Waals surface area (Å²) in [6.07, 6.45) is 2.58. The molecule has 1 saturated carbocycles. The van der Waals surface area contributed by atoms with Crippen molar-refractivity contribution in [2.45, 2.75) is 52.2 Å². The Morgan fingerprint density at radius 3 is 2.81 bits per heavy atom. The van der Waals surface area contributed by atoms with Gasteiger partial charge in [0.1, 0.15) is 6.04 Å². The summed E-state index contributed by atoms with van der Waals surface area (Å²) in [4.78, 5) is 0. The van der Waals surface area contributed by atoms with Crippen LogP contribution in [0.5, 0.6) is 0 Å². The highest BCUT2D eigenvalue weighted by Crippen LogP contribution is 2.22. The third kappa shape index (κ3) is 2.10. The lowest BCUT2D eigenvalue weighted by Gasteiger charge is -2.07. The van der Waals surface area contributed by atoms with E-state index in [-0.39, 0.29) is 6.04 Å². The van der Waals surface area contributed by atoms with Crippen LogP contribution in [0.25, 0.3) is 0 Å². The van der Waals surface area contributed by atoms with Crippen molar-refractivity contribution >= 4 is 0 Å². The molecule has 0 aromatic carbocycles. The number of hydrogen-bond donors (Lipinski definition) is 1. The minimum atomic E-state index is -0.187. The normalized spacial score (nSPS) is 17.1. The summed E-state index contributed by atoms with van der Waals surface area (Å²) in [6, 6.07) is 2.74. The van der Waals surface area contributed by atoms with E-state index in [1.165, 1.54) is 18.4 Å². The standard InChI is InChI=1S/C12H18N4/c1-8(6-13)16-10(3)12(9(2)15-16)7-14-11-4-5-11/h8,11,14H,4-5,7H2,1-3H3. The first-order valence-corrected chi connectivity index (χ1v) is 5.81. The number of rotatable bonds is 4. The molecule has 0 amide bonds. The number of hydrogen-bond acceptors (Lipinski definition) is 3. The Morgan fingerprint density at radius 1 is 1.56 bits per heavy atom. The van der Waals surface area contributed by atoms with Crippen LogP contribution in [0, 0.1) is 25.2 Å². The quantitative estimate of drug-likeness (QED) is 0.839. The fourth-order valence-electron chi connectivity index (χ4n) is 1.92. The van der Waals surface area contributed by atoms with Crippen LogP contribution in [0.3, 0.4) is 0 Å². The second kappa shape index (κ2) is 4.26. The van der Waals surface area contributed by atoms with Crippen LogP contribution in [0.2, 0.25) is 0 Å². The van der Waals surface area contributed by atoms with Crippen LogP contribution in [0.1, 0.15) is 42.8 Å². The van der Waals surface area contributed by atoms with Crippen molar-refractivity contribution in [3.63, 3.8) is 0 Å². The van der Waals surface area contributed by atoms with Crippen molar-refractivity contribution in [2.24, 2.45) is 0 Å². The summed E-state index contributed by atoms with van der Waals surface area (Å²) in [5.74, 6) is 0. The van der Waals surface area contributed by atoms with Gasteiger partial charge in [0.15, 0.2) is 0 Å². The van der Waals surface area contributed by atoms with E-state index in [0.717, 1.165) is 17.9 Å². The lowest BCUT2D eigenvalue weighted by Crippen LogP contribution is -2.16. The van der Waals surface area contributed by atoms with Crippen molar-refractivity contribution in [3.05, 3.63) is 17.0 Å². The topological polar surface area (TPSA) is 53.6 Å². The molecule has 0 spiro atoms. The summed E-state index contributed by atoms with van der Waals surface area (Å²) in [5.41, 5.74) is 3.39. The second-order valence-electron chi connectivity index (χ2n) is 4.55. The van der Waals surface area contributed by atoms with Gasteiger partial charge in [0.2, 0.25) is 0 Å². The zero-order valence-corrected chi connectivity index (χ0v) is 10.1. The first kappa shape index (κ1) is 11.2. The zero-order valence-electron chi connectivity index (χ0n) is 10.1. The van der Waals surface area contributed by atoms with Gasteiger partial charge in [-0.05, 0) is 33.6 Å². The van der Waals surface area contributed by atoms with Crippen LogP contribution >= 0.6 is 0 Å². The molecule has 1 aliphatic rings. The van der Waals surface area contributed by atoms with E-state index < -0.39 is 0 Å². The van der Waals surface area contributed by atoms with Crippen LogP contribution in [-0.2, 0) is 6.54 Å². The molecule has 1 aromatic rings. The maximum Gasteiger partial charge on any atom is 0.136 e. The predicted molar refractivity (Wildman–Crippen MR) is 61.9 cm³/mol. The average molecular weight is 218 g/mol. The van der Waals surface area contributed by atoms with E-state index in [1.54, 1.807) is 0 Å². The molecule has 1 fully saturated rings. The van der Waals surface area contributed by atoms with Gasteiger partial charge in [0.25, 0.3) is 0 Å². The molecule has 2 rings (SSSR count). The number of nitrogens with one attached hydrogen (secondary N) is 1. The summed E-state index contributed by atoms with van der Waals surface area (Å²) in [5, 5.41) is 16.8. The fourth-order valence-corrected chi connectivity index (χ4v) is 1.92. The van der Waals surface area contributed by atoms with Crippen molar-refractivity contribution in [1.29, 1.82) is 5.26 Å². The molecule has 16 heavy (non-hydrogen) atoms. The summed E-state index contributed by atoms with van der Waals surface area (Å²) < 4.78 is 1.82. The lowest BCUT2D eigenvalue weighted by atomic mass is 10.2. The van der Waals surface area contributed by atoms with Crippen molar-refractivity contribution < 1.29 is 0 Å². The minimum absolute atomic E-state index is 0.187. The van der Waals surface area contributed by atoms with E-state index in [2.05, 4.69) is 16.5 Å². The van der Waals surface area contributed by atoms with Gasteiger partial charge in [0, 0.05) is 23.8 Å². The molecule has 4 heteroatoms. The van der Waals surface area contributed by atoms with Gasteiger partial charge in [-0.3, -0.25) is 4.68 Å². The van der Waals surface area contributed by atoms with E-state index in [4.69, 9.17) is 5.26 Å². The Balaban J connectivity index is 2.17. The van der Waals surface area contributed by atoms with Crippen LogP contribution in [0.15, 0.2) is 0 Å². The minimum Gasteiger partial charge on any atom is -0.310 e. The Bertz CT molecular complexity index is 423. The summed E-state index contributed by atoms with van der Waals surface area (Å²) in [6.45, 7) is 6.80. The number of aryl methyl sites for hydroxylation is 1. The highest BCUT2D eigenvalue weighted by molar-refractivity contribution is 5.25. The number of aromatic nitrogens is 2. The molecule has 1 unspecified atom stereocenters. The third-order valence-corrected chi connectivity index (χ3v) is 3.17. The van der Waals surface area contributed by atoms with Gasteiger partial charge in [-0.15, -0.1) is 0 Å². The predicted octanol–water partition coefficient (Wildman–Crippen LogP) is 1.84. The number of nitriles is 1. The molecule has 1 aliphatic carbocycles. The molecule has 0 saturated heterocycles. The molecule has 86 valence electrons. The molecule has 0 bridgehead atoms. The highest BCUT2D eigenvalue weighted by atomic mass is 15.3. The Morgan fingerprint density at radius 2 is 2.25 bits per heavy atom. The van der Waals surface area contributed by atoms with E-state index >= 15 is 0 Å². The molecule has 0 radical (unpaired) electrons. The first-order valence-electron chi connectivity index (χ1n) is 5.81. The third-order valence-electron chi connectivity index (χ3n) is 3.17. The molecule has 1 atom stereocenters. The van der Waals surface area contributed by atoms with Gasteiger partial charge in [0.05, 0.1) is 11.8 Å². The lowest BCUT2D eigenvalue weighted by molar-refractivity contribution is 0.569. The zero-order chi connectivity index (χ0) is 11.7. The molecule has 0 aliphatic heterocycles. The van der Waals surface area contributed by atoms with Crippen LogP contribution in [-0.4, -0.2) is 15.8 Å². The van der Waals surface area contributed by atoms with Crippen molar-refractivity contribution in [1.82, 2.24) is 15.1 Å². The van der Waals surface area contributed by atoms with Crippen molar-refractivity contribution in [2.75, 3.05) is 0 Å². The molecule has 4 nitrogen and oxygen atoms in total. The molecule has 1 aromatic heterocycles. The smallest absolute Gasteiger partial charge is 0.136 e. The van der Waals surface area contributed by atoms with Gasteiger partial charge in [-0.1, -0.05) is 0 Å². The molecule has 1 heterocycles.